The number of fused-ring (bicyclic) bond motifs is 2. The molecule has 0 saturated heterocycles. The minimum atomic E-state index is -0.916. The summed E-state index contributed by atoms with van der Waals surface area (Å²) in [6, 6.07) is 7.47. The number of rotatable bonds is 4. The summed E-state index contributed by atoms with van der Waals surface area (Å²) in [4.78, 5) is 41.5. The van der Waals surface area contributed by atoms with Crippen molar-refractivity contribution in [3.63, 3.8) is 0 Å². The minimum absolute atomic E-state index is 0.102. The molecule has 5 rings (SSSR count). The molecule has 0 saturated carbocycles. The largest absolute Gasteiger partial charge is 0.489 e. The maximum absolute atomic E-state index is 14.1. The third-order valence-corrected chi connectivity index (χ3v) is 6.50. The van der Waals surface area contributed by atoms with E-state index in [4.69, 9.17) is 4.74 Å². The van der Waals surface area contributed by atoms with Crippen LogP contribution in [0.1, 0.15) is 32.0 Å². The lowest BCUT2D eigenvalue weighted by atomic mass is 10.0. The zero-order chi connectivity index (χ0) is 25.6. The number of aromatic nitrogens is 2. The summed E-state index contributed by atoms with van der Waals surface area (Å²) in [5, 5.41) is 6.83. The molecule has 11 heteroatoms. The van der Waals surface area contributed by atoms with Gasteiger partial charge in [-0.25, -0.2) is 8.78 Å². The molecule has 0 aliphatic carbocycles. The molecule has 2 aliphatic rings. The molecule has 0 bridgehead atoms. The van der Waals surface area contributed by atoms with E-state index >= 15 is 0 Å². The van der Waals surface area contributed by atoms with Crippen LogP contribution in [0.4, 0.5) is 14.5 Å². The summed E-state index contributed by atoms with van der Waals surface area (Å²) >= 11 is 0. The van der Waals surface area contributed by atoms with Crippen molar-refractivity contribution in [3.05, 3.63) is 76.6 Å². The average Bonchev–Trinajstić information content (AvgIpc) is 3.25. The van der Waals surface area contributed by atoms with Crippen LogP contribution >= 0.6 is 0 Å². The van der Waals surface area contributed by atoms with Crippen molar-refractivity contribution in [2.75, 3.05) is 32.1 Å². The highest BCUT2D eigenvalue weighted by Crippen LogP contribution is 2.33. The molecule has 0 spiro atoms. The van der Waals surface area contributed by atoms with Gasteiger partial charge in [0.1, 0.15) is 30.0 Å². The minimum Gasteiger partial charge on any atom is -0.489 e. The van der Waals surface area contributed by atoms with Gasteiger partial charge in [-0.1, -0.05) is 6.07 Å². The van der Waals surface area contributed by atoms with Crippen LogP contribution in [0.5, 0.6) is 5.75 Å². The van der Waals surface area contributed by atoms with Gasteiger partial charge >= 0.3 is 0 Å². The lowest BCUT2D eigenvalue weighted by molar-refractivity contribution is -0.123. The Morgan fingerprint density at radius 2 is 1.94 bits per heavy atom. The Labute approximate surface area is 205 Å². The van der Waals surface area contributed by atoms with Crippen LogP contribution in [0, 0.1) is 11.6 Å². The Balaban J connectivity index is 1.39. The van der Waals surface area contributed by atoms with Crippen molar-refractivity contribution in [1.29, 1.82) is 0 Å². The van der Waals surface area contributed by atoms with Gasteiger partial charge in [-0.15, -0.1) is 0 Å². The van der Waals surface area contributed by atoms with E-state index in [1.165, 1.54) is 39.7 Å². The van der Waals surface area contributed by atoms with Crippen molar-refractivity contribution in [3.8, 4) is 5.75 Å². The summed E-state index contributed by atoms with van der Waals surface area (Å²) in [7, 11) is 3.10. The van der Waals surface area contributed by atoms with Gasteiger partial charge in [-0.3, -0.25) is 19.1 Å². The fourth-order valence-electron chi connectivity index (χ4n) is 4.53. The quantitative estimate of drug-likeness (QED) is 0.597. The van der Waals surface area contributed by atoms with Gasteiger partial charge in [-0.2, -0.15) is 5.10 Å². The molecule has 186 valence electrons. The fourth-order valence-corrected chi connectivity index (χ4v) is 4.53. The predicted octanol–water partition coefficient (Wildman–Crippen LogP) is 1.99. The number of benzene rings is 2. The number of carbonyl (C=O) groups excluding carboxylic acids is 3. The zero-order valence-corrected chi connectivity index (χ0v) is 19.6. The Morgan fingerprint density at radius 3 is 2.67 bits per heavy atom. The van der Waals surface area contributed by atoms with Gasteiger partial charge in [-0.05, 0) is 36.8 Å². The number of halogens is 2. The lowest BCUT2D eigenvalue weighted by Crippen LogP contribution is -2.54. The fraction of sp³-hybridized carbons (Fsp3) is 0.280. The molecular formula is C25H23F2N5O4. The molecule has 3 heterocycles. The standard InChI is InChI=1S/C25H23F2N5O4/c1-28-23(33)14-6-7-19-21(10-14)36-13-20(24(34)30(19)2)32-9-8-15-11-31(29-22(15)25(32)35)12-16-17(26)4-3-5-18(16)27/h3-7,10-11,20H,8-9,12-13H2,1-2H3,(H,28,33)/t20-/m0/s1. The van der Waals surface area contributed by atoms with Gasteiger partial charge < -0.3 is 19.9 Å². The molecule has 2 aliphatic heterocycles. The molecule has 2 aromatic carbocycles. The van der Waals surface area contributed by atoms with Crippen molar-refractivity contribution in [1.82, 2.24) is 20.0 Å². The van der Waals surface area contributed by atoms with Crippen LogP contribution < -0.4 is 15.0 Å². The summed E-state index contributed by atoms with van der Waals surface area (Å²) in [6.07, 6.45) is 2.02. The van der Waals surface area contributed by atoms with Gasteiger partial charge in [0.15, 0.2) is 5.69 Å². The number of hydrogen-bond acceptors (Lipinski definition) is 5. The predicted molar refractivity (Wildman–Crippen MR) is 125 cm³/mol. The van der Waals surface area contributed by atoms with E-state index in [1.807, 2.05) is 0 Å². The molecule has 0 radical (unpaired) electrons. The molecule has 3 aromatic rings. The number of ether oxygens (including phenoxy) is 1. The molecule has 1 atom stereocenters. The molecule has 1 aromatic heterocycles. The molecule has 0 unspecified atom stereocenters. The highest BCUT2D eigenvalue weighted by molar-refractivity contribution is 6.04. The number of carbonyl (C=O) groups is 3. The van der Waals surface area contributed by atoms with Crippen LogP contribution in [0.25, 0.3) is 0 Å². The van der Waals surface area contributed by atoms with E-state index in [2.05, 4.69) is 10.4 Å². The summed E-state index contributed by atoms with van der Waals surface area (Å²) < 4.78 is 35.4. The maximum atomic E-state index is 14.1. The number of nitrogens with one attached hydrogen (secondary N) is 1. The molecular weight excluding hydrogens is 472 g/mol. The monoisotopic (exact) mass is 495 g/mol. The molecule has 9 nitrogen and oxygen atoms in total. The second-order valence-electron chi connectivity index (χ2n) is 8.63. The first-order valence-corrected chi connectivity index (χ1v) is 11.3. The van der Waals surface area contributed by atoms with Crippen LogP contribution in [-0.2, 0) is 17.8 Å². The summed E-state index contributed by atoms with van der Waals surface area (Å²) in [5.74, 6) is -2.13. The molecule has 3 amide bonds. The average molecular weight is 495 g/mol. The van der Waals surface area contributed by atoms with E-state index < -0.39 is 23.6 Å². The zero-order valence-electron chi connectivity index (χ0n) is 19.6. The molecule has 36 heavy (non-hydrogen) atoms. The smallest absolute Gasteiger partial charge is 0.275 e. The number of nitrogens with zero attached hydrogens (tertiary/aromatic N) is 4. The first-order chi connectivity index (χ1) is 17.3. The summed E-state index contributed by atoms with van der Waals surface area (Å²) in [5.41, 5.74) is 1.49. The SMILES string of the molecule is CNC(=O)c1ccc2c(c1)OC[C@H](N1CCc3cn(Cc4c(F)cccc4F)nc3C1=O)C(=O)N2C. The summed E-state index contributed by atoms with van der Waals surface area (Å²) in [6.45, 7) is -0.0232. The van der Waals surface area contributed by atoms with Crippen molar-refractivity contribution in [2.45, 2.75) is 19.0 Å². The molecule has 0 fully saturated rings. The number of hydrogen-bond donors (Lipinski definition) is 1. The maximum Gasteiger partial charge on any atom is 0.275 e. The number of likely N-dealkylation sites (N-methyl/N-ethyl adjacent to an activating group) is 1. The van der Waals surface area contributed by atoms with Gasteiger partial charge in [0.25, 0.3) is 17.7 Å². The van der Waals surface area contributed by atoms with Crippen molar-refractivity contribution < 1.29 is 27.9 Å². The Bertz CT molecular complexity index is 1370. The first-order valence-electron chi connectivity index (χ1n) is 11.3. The first kappa shape index (κ1) is 23.5. The Kier molecular flexibility index (Phi) is 5.91. The third kappa shape index (κ3) is 3.96. The number of amides is 3. The van der Waals surface area contributed by atoms with Crippen LogP contribution in [0.3, 0.4) is 0 Å². The third-order valence-electron chi connectivity index (χ3n) is 6.50. The lowest BCUT2D eigenvalue weighted by Gasteiger charge is -2.33. The van der Waals surface area contributed by atoms with E-state index in [1.54, 1.807) is 31.4 Å². The Morgan fingerprint density at radius 1 is 1.19 bits per heavy atom. The van der Waals surface area contributed by atoms with E-state index in [0.717, 1.165) is 0 Å². The molecule has 1 N–H and O–H groups in total. The van der Waals surface area contributed by atoms with Crippen LogP contribution in [0.15, 0.2) is 42.6 Å². The number of anilines is 1. The second kappa shape index (κ2) is 9.06. The second-order valence-corrected chi connectivity index (χ2v) is 8.63. The normalized spacial score (nSPS) is 17.3. The van der Waals surface area contributed by atoms with E-state index in [0.29, 0.717) is 29.0 Å². The van der Waals surface area contributed by atoms with Crippen LogP contribution in [0.2, 0.25) is 0 Å². The highest BCUT2D eigenvalue weighted by Gasteiger charge is 2.40. The van der Waals surface area contributed by atoms with E-state index in [-0.39, 0.29) is 42.8 Å². The van der Waals surface area contributed by atoms with Crippen molar-refractivity contribution >= 4 is 23.4 Å². The topological polar surface area (TPSA) is 96.8 Å². The van der Waals surface area contributed by atoms with E-state index in [9.17, 15) is 23.2 Å². The van der Waals surface area contributed by atoms with Gasteiger partial charge in [0, 0.05) is 43.5 Å². The van der Waals surface area contributed by atoms with Crippen molar-refractivity contribution in [2.24, 2.45) is 0 Å². The highest BCUT2D eigenvalue weighted by atomic mass is 19.1. The van der Waals surface area contributed by atoms with Gasteiger partial charge in [0.05, 0.1) is 12.2 Å². The van der Waals surface area contributed by atoms with Gasteiger partial charge in [0.2, 0.25) is 0 Å². The Hall–Kier alpha value is -4.28. The van der Waals surface area contributed by atoms with Crippen LogP contribution in [-0.4, -0.2) is 65.7 Å².